The van der Waals surface area contributed by atoms with Crippen molar-refractivity contribution in [1.82, 2.24) is 9.21 Å². The van der Waals surface area contributed by atoms with Gasteiger partial charge in [0.1, 0.15) is 6.61 Å². The zero-order valence-electron chi connectivity index (χ0n) is 13.4. The SMILES string of the molecule is C=C/C=C\C(=C\Cl)C1CN1SOCC(=O)N1CCC(C)(N)CC1. The van der Waals surface area contributed by atoms with E-state index < -0.39 is 0 Å². The second kappa shape index (κ2) is 8.35. The molecule has 1 amide bonds. The molecule has 0 saturated carbocycles. The first kappa shape index (κ1) is 18.5. The number of carbonyl (C=O) groups excluding carboxylic acids is 1. The Balaban J connectivity index is 1.66. The number of nitrogens with zero attached hydrogens (tertiary/aromatic N) is 2. The quantitative estimate of drug-likeness (QED) is 0.328. The fourth-order valence-electron chi connectivity index (χ4n) is 2.38. The van der Waals surface area contributed by atoms with Gasteiger partial charge in [-0.3, -0.25) is 8.98 Å². The van der Waals surface area contributed by atoms with Crippen LogP contribution < -0.4 is 5.73 Å². The van der Waals surface area contributed by atoms with Crippen molar-refractivity contribution < 1.29 is 8.98 Å². The molecular formula is C16H24ClN3O2S. The van der Waals surface area contributed by atoms with E-state index in [2.05, 4.69) is 6.58 Å². The Labute approximate surface area is 147 Å². The van der Waals surface area contributed by atoms with Crippen LogP contribution >= 0.6 is 23.8 Å². The summed E-state index contributed by atoms with van der Waals surface area (Å²) < 4.78 is 7.49. The summed E-state index contributed by atoms with van der Waals surface area (Å²) in [6.07, 6.45) is 7.15. The maximum atomic E-state index is 12.1. The van der Waals surface area contributed by atoms with Crippen molar-refractivity contribution in [3.8, 4) is 0 Å². The molecule has 128 valence electrons. The molecule has 0 aromatic carbocycles. The summed E-state index contributed by atoms with van der Waals surface area (Å²) in [5.41, 5.74) is 8.49. The van der Waals surface area contributed by atoms with Crippen molar-refractivity contribution in [2.45, 2.75) is 31.3 Å². The number of nitrogens with two attached hydrogens (primary N) is 1. The van der Waals surface area contributed by atoms with Crippen LogP contribution in [0.3, 0.4) is 0 Å². The molecule has 0 spiro atoms. The van der Waals surface area contributed by atoms with Crippen LogP contribution in [0.15, 0.2) is 35.9 Å². The van der Waals surface area contributed by atoms with Crippen molar-refractivity contribution in [2.24, 2.45) is 5.73 Å². The summed E-state index contributed by atoms with van der Waals surface area (Å²) in [6, 6.07) is 0.233. The number of hydrogen-bond donors (Lipinski definition) is 1. The Morgan fingerprint density at radius 3 is 2.83 bits per heavy atom. The largest absolute Gasteiger partial charge is 0.341 e. The lowest BCUT2D eigenvalue weighted by Crippen LogP contribution is -2.50. The van der Waals surface area contributed by atoms with Crippen molar-refractivity contribution in [2.75, 3.05) is 26.2 Å². The van der Waals surface area contributed by atoms with E-state index in [1.54, 1.807) is 11.6 Å². The van der Waals surface area contributed by atoms with Crippen molar-refractivity contribution in [1.29, 1.82) is 0 Å². The van der Waals surface area contributed by atoms with Gasteiger partial charge in [0.05, 0.1) is 18.3 Å². The van der Waals surface area contributed by atoms with Gasteiger partial charge >= 0.3 is 0 Å². The summed E-state index contributed by atoms with van der Waals surface area (Å²) in [4.78, 5) is 13.9. The fourth-order valence-corrected chi connectivity index (χ4v) is 3.31. The van der Waals surface area contributed by atoms with Gasteiger partial charge in [-0.25, -0.2) is 4.31 Å². The van der Waals surface area contributed by atoms with Crippen LogP contribution in [0.2, 0.25) is 0 Å². The maximum absolute atomic E-state index is 12.1. The van der Waals surface area contributed by atoms with Crippen LogP contribution in [0, 0.1) is 0 Å². The third-order valence-electron chi connectivity index (χ3n) is 4.09. The second-order valence-corrected chi connectivity index (χ2v) is 7.26. The molecule has 2 rings (SSSR count). The molecule has 0 radical (unpaired) electrons. The minimum absolute atomic E-state index is 0.0195. The lowest BCUT2D eigenvalue weighted by atomic mass is 9.91. The summed E-state index contributed by atoms with van der Waals surface area (Å²) in [7, 11) is 0. The van der Waals surface area contributed by atoms with Gasteiger partial charge in [-0.2, -0.15) is 0 Å². The molecule has 0 aromatic heterocycles. The molecule has 0 aromatic rings. The lowest BCUT2D eigenvalue weighted by molar-refractivity contribution is -0.134. The topological polar surface area (TPSA) is 58.6 Å². The summed E-state index contributed by atoms with van der Waals surface area (Å²) in [6.45, 7) is 8.02. The van der Waals surface area contributed by atoms with Crippen LogP contribution in [0.4, 0.5) is 0 Å². The minimum atomic E-state index is -0.150. The highest BCUT2D eigenvalue weighted by Gasteiger charge is 2.38. The zero-order chi connectivity index (χ0) is 16.9. The number of carbonyl (C=O) groups is 1. The molecule has 2 atom stereocenters. The van der Waals surface area contributed by atoms with Crippen LogP contribution in [0.5, 0.6) is 0 Å². The lowest BCUT2D eigenvalue weighted by Gasteiger charge is -2.36. The number of hydrogen-bond acceptors (Lipinski definition) is 5. The summed E-state index contributed by atoms with van der Waals surface area (Å²) in [5.74, 6) is 0.0195. The third-order valence-corrected chi connectivity index (χ3v) is 5.16. The molecule has 2 aliphatic heterocycles. The van der Waals surface area contributed by atoms with Crippen LogP contribution in [0.25, 0.3) is 0 Å². The Hall–Kier alpha value is -0.790. The first-order valence-electron chi connectivity index (χ1n) is 7.69. The monoisotopic (exact) mass is 357 g/mol. The van der Waals surface area contributed by atoms with Gasteiger partial charge in [0.15, 0.2) is 0 Å². The Bertz CT molecular complexity index is 498. The molecule has 2 unspecified atom stereocenters. The molecular weight excluding hydrogens is 334 g/mol. The highest BCUT2D eigenvalue weighted by molar-refractivity contribution is 7.92. The van der Waals surface area contributed by atoms with Gasteiger partial charge in [0.25, 0.3) is 0 Å². The Morgan fingerprint density at radius 2 is 2.22 bits per heavy atom. The molecule has 2 aliphatic rings. The zero-order valence-corrected chi connectivity index (χ0v) is 15.0. The predicted molar refractivity (Wildman–Crippen MR) is 95.7 cm³/mol. The van der Waals surface area contributed by atoms with Crippen molar-refractivity contribution in [3.63, 3.8) is 0 Å². The fraction of sp³-hybridized carbons (Fsp3) is 0.562. The van der Waals surface area contributed by atoms with E-state index in [4.69, 9.17) is 21.5 Å². The van der Waals surface area contributed by atoms with Gasteiger partial charge < -0.3 is 10.6 Å². The van der Waals surface area contributed by atoms with E-state index in [0.717, 1.165) is 25.0 Å². The molecule has 2 N–H and O–H groups in total. The molecule has 0 aliphatic carbocycles. The normalized spacial score (nSPS) is 27.3. The molecule has 2 saturated heterocycles. The predicted octanol–water partition coefficient (Wildman–Crippen LogP) is 2.46. The van der Waals surface area contributed by atoms with Crippen LogP contribution in [-0.4, -0.2) is 52.9 Å². The van der Waals surface area contributed by atoms with Gasteiger partial charge in [-0.05, 0) is 25.3 Å². The Kier molecular flexibility index (Phi) is 6.73. The number of piperidine rings is 1. The van der Waals surface area contributed by atoms with E-state index in [1.165, 1.54) is 12.2 Å². The van der Waals surface area contributed by atoms with Crippen LogP contribution in [0.1, 0.15) is 19.8 Å². The highest BCUT2D eigenvalue weighted by atomic mass is 35.5. The smallest absolute Gasteiger partial charge is 0.249 e. The van der Waals surface area contributed by atoms with Crippen molar-refractivity contribution in [3.05, 3.63) is 35.9 Å². The first-order chi connectivity index (χ1) is 11.0. The number of amides is 1. The maximum Gasteiger partial charge on any atom is 0.249 e. The average Bonchev–Trinajstić information content (AvgIpc) is 3.27. The van der Waals surface area contributed by atoms with E-state index in [0.29, 0.717) is 13.1 Å². The van der Waals surface area contributed by atoms with Crippen LogP contribution in [-0.2, 0) is 8.98 Å². The van der Waals surface area contributed by atoms with E-state index in [-0.39, 0.29) is 24.1 Å². The van der Waals surface area contributed by atoms with Gasteiger partial charge in [-0.1, -0.05) is 36.4 Å². The van der Waals surface area contributed by atoms with E-state index >= 15 is 0 Å². The van der Waals surface area contributed by atoms with E-state index in [1.807, 2.05) is 28.3 Å². The standard InChI is InChI=1S/C16H24ClN3O2S/c1-3-4-5-13(10-17)14-11-20(14)23-22-12-15(21)19-8-6-16(2,18)7-9-19/h3-5,10,14H,1,6-9,11-12,18H2,2H3/b5-4-,13-10-. The molecule has 2 heterocycles. The number of likely N-dealkylation sites (tertiary alicyclic amines) is 1. The summed E-state index contributed by atoms with van der Waals surface area (Å²) >= 11 is 7.04. The summed E-state index contributed by atoms with van der Waals surface area (Å²) in [5, 5.41) is 0. The Morgan fingerprint density at radius 1 is 1.52 bits per heavy atom. The number of rotatable bonds is 7. The molecule has 2 fully saturated rings. The first-order valence-corrected chi connectivity index (χ1v) is 8.82. The third kappa shape index (κ3) is 5.65. The number of halogens is 1. The van der Waals surface area contributed by atoms with Crippen molar-refractivity contribution >= 4 is 29.7 Å². The average molecular weight is 358 g/mol. The molecule has 0 bridgehead atoms. The second-order valence-electron chi connectivity index (χ2n) is 6.19. The number of allylic oxidation sites excluding steroid dienone is 2. The highest BCUT2D eigenvalue weighted by Crippen LogP contribution is 2.34. The van der Waals surface area contributed by atoms with E-state index in [9.17, 15) is 4.79 Å². The molecule has 5 nitrogen and oxygen atoms in total. The van der Waals surface area contributed by atoms with Gasteiger partial charge in [-0.15, -0.1) is 0 Å². The van der Waals surface area contributed by atoms with Gasteiger partial charge in [0.2, 0.25) is 5.91 Å². The van der Waals surface area contributed by atoms with Gasteiger partial charge in [0, 0.05) is 30.7 Å². The molecule has 7 heteroatoms. The minimum Gasteiger partial charge on any atom is -0.341 e. The molecule has 23 heavy (non-hydrogen) atoms.